The average molecular weight is 639 g/mol. The molecule has 0 radical (unpaired) electrons. The van der Waals surface area contributed by atoms with Crippen LogP contribution in [0.4, 0.5) is 36.4 Å². The highest BCUT2D eigenvalue weighted by Crippen LogP contribution is 2.41. The second-order valence-electron chi connectivity index (χ2n) is 12.1. The van der Waals surface area contributed by atoms with E-state index in [1.807, 2.05) is 6.07 Å². The van der Waals surface area contributed by atoms with Crippen LogP contribution in [0.15, 0.2) is 48.7 Å². The van der Waals surface area contributed by atoms with E-state index in [1.54, 1.807) is 13.0 Å². The molecule has 1 aliphatic carbocycles. The Balaban J connectivity index is 1.63. The van der Waals surface area contributed by atoms with Gasteiger partial charge in [-0.25, -0.2) is 4.39 Å². The molecule has 4 rings (SSSR count). The predicted octanol–water partition coefficient (Wildman–Crippen LogP) is 8.94. The Morgan fingerprint density at radius 1 is 0.867 bits per heavy atom. The Kier molecular flexibility index (Phi) is 9.65. The second kappa shape index (κ2) is 12.8. The molecule has 0 atom stereocenters. The molecule has 5 nitrogen and oxygen atoms in total. The number of hydrogen-bond donors (Lipinski definition) is 2. The number of alkyl halides is 6. The molecule has 3 aromatic rings. The Morgan fingerprint density at radius 2 is 1.44 bits per heavy atom. The van der Waals surface area contributed by atoms with E-state index < -0.39 is 58.6 Å². The van der Waals surface area contributed by atoms with Gasteiger partial charge in [-0.2, -0.15) is 26.3 Å². The summed E-state index contributed by atoms with van der Waals surface area (Å²) in [6.07, 6.45) is -5.62. The first kappa shape index (κ1) is 33.9. The van der Waals surface area contributed by atoms with Crippen LogP contribution < -0.4 is 5.32 Å². The second-order valence-corrected chi connectivity index (χ2v) is 12.1. The first-order valence-electron chi connectivity index (χ1n) is 14.4. The number of ketones is 1. The number of aromatic nitrogens is 1. The van der Waals surface area contributed by atoms with E-state index in [0.29, 0.717) is 34.5 Å². The number of aryl methyl sites for hydroxylation is 1. The van der Waals surface area contributed by atoms with Crippen LogP contribution in [0.3, 0.4) is 0 Å². The van der Waals surface area contributed by atoms with Gasteiger partial charge in [-0.3, -0.25) is 14.6 Å². The monoisotopic (exact) mass is 638 g/mol. The van der Waals surface area contributed by atoms with Crippen molar-refractivity contribution in [2.24, 2.45) is 5.92 Å². The Bertz CT molecular complexity index is 1540. The van der Waals surface area contributed by atoms with Gasteiger partial charge in [0, 0.05) is 23.6 Å². The molecule has 242 valence electrons. The number of Topliss-reactive ketones (excluding diaryl/α,β-unsaturated/α-hetero) is 1. The summed E-state index contributed by atoms with van der Waals surface area (Å²) in [5, 5.41) is 12.1. The number of pyridine rings is 1. The number of anilines is 1. The van der Waals surface area contributed by atoms with Crippen molar-refractivity contribution in [3.8, 4) is 11.1 Å². The number of rotatable bonds is 9. The topological polar surface area (TPSA) is 79.3 Å². The SMILES string of the molecule is Cc1cc(F)ccc1-c1cc(C2CCC(CC(=O)O)CC2)ncc1NCC(=O)C(C)(C)c1cc(C(F)(F)F)cc(C(F)(F)F)c1. The summed E-state index contributed by atoms with van der Waals surface area (Å²) in [5.74, 6) is -1.83. The van der Waals surface area contributed by atoms with Gasteiger partial charge in [0.1, 0.15) is 5.82 Å². The van der Waals surface area contributed by atoms with Crippen molar-refractivity contribution >= 4 is 17.4 Å². The molecular formula is C33H33F7N2O3. The number of halogens is 7. The molecule has 0 unspecified atom stereocenters. The Labute approximate surface area is 255 Å². The molecule has 2 aromatic carbocycles. The molecule has 1 saturated carbocycles. The van der Waals surface area contributed by atoms with Crippen molar-refractivity contribution in [3.05, 3.63) is 82.4 Å². The maximum atomic E-state index is 14.0. The van der Waals surface area contributed by atoms with Crippen LogP contribution >= 0.6 is 0 Å². The third-order valence-corrected chi connectivity index (χ3v) is 8.58. The van der Waals surface area contributed by atoms with E-state index in [1.165, 1.54) is 32.2 Å². The van der Waals surface area contributed by atoms with Crippen molar-refractivity contribution in [3.63, 3.8) is 0 Å². The van der Waals surface area contributed by atoms with Gasteiger partial charge in [-0.05, 0) is 105 Å². The fraction of sp³-hybridized carbons (Fsp3) is 0.424. The van der Waals surface area contributed by atoms with Gasteiger partial charge in [0.25, 0.3) is 0 Å². The summed E-state index contributed by atoms with van der Waals surface area (Å²) in [7, 11) is 0. The normalized spacial score (nSPS) is 17.6. The minimum absolute atomic E-state index is 0.0193. The Hall–Kier alpha value is -3.96. The van der Waals surface area contributed by atoms with Crippen LogP contribution in [-0.4, -0.2) is 28.4 Å². The first-order chi connectivity index (χ1) is 20.9. The molecule has 0 saturated heterocycles. The van der Waals surface area contributed by atoms with Crippen LogP contribution in [0.1, 0.15) is 79.8 Å². The van der Waals surface area contributed by atoms with E-state index in [-0.39, 0.29) is 24.3 Å². The van der Waals surface area contributed by atoms with E-state index in [0.717, 1.165) is 31.4 Å². The van der Waals surface area contributed by atoms with Crippen LogP contribution in [0.25, 0.3) is 11.1 Å². The summed E-state index contributed by atoms with van der Waals surface area (Å²) in [5.41, 5.74) is -2.24. The van der Waals surface area contributed by atoms with Gasteiger partial charge in [-0.15, -0.1) is 0 Å². The van der Waals surface area contributed by atoms with Gasteiger partial charge in [0.05, 0.1) is 35.0 Å². The summed E-state index contributed by atoms with van der Waals surface area (Å²) in [6, 6.07) is 7.16. The number of carbonyl (C=O) groups is 2. The molecule has 12 heteroatoms. The lowest BCUT2D eigenvalue weighted by Crippen LogP contribution is -2.35. The molecule has 1 aliphatic rings. The number of nitrogens with one attached hydrogen (secondary N) is 1. The number of carbonyl (C=O) groups excluding carboxylic acids is 1. The summed E-state index contributed by atoms with van der Waals surface area (Å²) in [4.78, 5) is 29.1. The quantitative estimate of drug-likeness (QED) is 0.229. The molecule has 0 aliphatic heterocycles. The van der Waals surface area contributed by atoms with Crippen molar-refractivity contribution in [1.82, 2.24) is 4.98 Å². The van der Waals surface area contributed by atoms with Crippen LogP contribution in [0.5, 0.6) is 0 Å². The third kappa shape index (κ3) is 8.01. The van der Waals surface area contributed by atoms with Gasteiger partial charge in [0.2, 0.25) is 0 Å². The molecule has 1 heterocycles. The number of carboxylic acid groups (broad SMARTS) is 1. The van der Waals surface area contributed by atoms with Crippen molar-refractivity contribution in [2.75, 3.05) is 11.9 Å². The smallest absolute Gasteiger partial charge is 0.416 e. The van der Waals surface area contributed by atoms with Gasteiger partial charge < -0.3 is 10.4 Å². The number of hydrogen-bond acceptors (Lipinski definition) is 4. The van der Waals surface area contributed by atoms with Gasteiger partial charge in [0.15, 0.2) is 5.78 Å². The minimum atomic E-state index is -5.06. The molecule has 1 aromatic heterocycles. The van der Waals surface area contributed by atoms with Crippen molar-refractivity contribution in [2.45, 2.75) is 76.6 Å². The van der Waals surface area contributed by atoms with E-state index in [9.17, 15) is 40.3 Å². The Morgan fingerprint density at radius 3 is 1.98 bits per heavy atom. The zero-order chi connectivity index (χ0) is 33.3. The molecule has 0 amide bonds. The van der Waals surface area contributed by atoms with Crippen molar-refractivity contribution in [1.29, 1.82) is 0 Å². The maximum Gasteiger partial charge on any atom is 0.416 e. The highest BCUT2D eigenvalue weighted by atomic mass is 19.4. The summed E-state index contributed by atoms with van der Waals surface area (Å²) < 4.78 is 94.8. The number of carboxylic acids is 1. The number of nitrogens with zero attached hydrogens (tertiary/aromatic N) is 1. The van der Waals surface area contributed by atoms with Crippen LogP contribution in [0.2, 0.25) is 0 Å². The molecule has 0 spiro atoms. The molecule has 1 fully saturated rings. The maximum absolute atomic E-state index is 14.0. The lowest BCUT2D eigenvalue weighted by atomic mass is 9.78. The highest BCUT2D eigenvalue weighted by Gasteiger charge is 2.40. The van der Waals surface area contributed by atoms with Crippen molar-refractivity contribution < 1.29 is 45.4 Å². The average Bonchev–Trinajstić information content (AvgIpc) is 2.95. The van der Waals surface area contributed by atoms with E-state index >= 15 is 0 Å². The number of aliphatic carboxylic acids is 1. The minimum Gasteiger partial charge on any atom is -0.481 e. The fourth-order valence-corrected chi connectivity index (χ4v) is 5.77. The summed E-state index contributed by atoms with van der Waals surface area (Å²) >= 11 is 0. The fourth-order valence-electron chi connectivity index (χ4n) is 5.77. The third-order valence-electron chi connectivity index (χ3n) is 8.58. The lowest BCUT2D eigenvalue weighted by Gasteiger charge is -2.28. The summed E-state index contributed by atoms with van der Waals surface area (Å²) in [6.45, 7) is 3.79. The predicted molar refractivity (Wildman–Crippen MR) is 154 cm³/mol. The standard InChI is InChI=1S/C33H33F7N2O3/c1-18-10-24(34)8-9-25(18)26-15-27(20-6-4-19(5-7-20)11-30(44)45)41-16-28(26)42-17-29(43)31(2,3)21-12-22(32(35,36)37)14-23(13-21)33(38,39)40/h8-10,12-16,19-20,42H,4-7,11,17H2,1-3H3,(H,44,45). The molecular weight excluding hydrogens is 605 g/mol. The van der Waals surface area contributed by atoms with Crippen LogP contribution in [-0.2, 0) is 27.4 Å². The highest BCUT2D eigenvalue weighted by molar-refractivity contribution is 5.93. The zero-order valence-electron chi connectivity index (χ0n) is 24.9. The first-order valence-corrected chi connectivity index (χ1v) is 14.4. The van der Waals surface area contributed by atoms with E-state index in [4.69, 9.17) is 5.11 Å². The van der Waals surface area contributed by atoms with Crippen LogP contribution in [0, 0.1) is 18.7 Å². The lowest BCUT2D eigenvalue weighted by molar-refractivity contribution is -0.143. The molecule has 45 heavy (non-hydrogen) atoms. The van der Waals surface area contributed by atoms with Gasteiger partial charge in [-0.1, -0.05) is 6.07 Å². The van der Waals surface area contributed by atoms with E-state index in [2.05, 4.69) is 10.3 Å². The zero-order valence-corrected chi connectivity index (χ0v) is 24.9. The molecule has 2 N–H and O–H groups in total. The van der Waals surface area contributed by atoms with Gasteiger partial charge >= 0.3 is 18.3 Å². The number of benzene rings is 2. The largest absolute Gasteiger partial charge is 0.481 e. The molecule has 0 bridgehead atoms.